The first-order valence-corrected chi connectivity index (χ1v) is 18.4. The molecule has 11 heteroatoms. The SMILES string of the molecule is CC(C)(C)OC(=O)N1CCCC1c1ncc(-c2ccc(C3CCC(c4ccc(-c5cnc(C6CCCN6C(=O)OC(C)(C)C)[nH]5)cc4)N3)cc2)[nH]1. The zero-order valence-electron chi connectivity index (χ0n) is 30.7. The van der Waals surface area contributed by atoms with Gasteiger partial charge in [0, 0.05) is 25.2 Å². The predicted octanol–water partition coefficient (Wildman–Crippen LogP) is 8.78. The number of aromatic nitrogens is 4. The molecule has 0 bridgehead atoms. The Balaban J connectivity index is 0.953. The smallest absolute Gasteiger partial charge is 0.410 e. The molecule has 11 nitrogen and oxygen atoms in total. The minimum absolute atomic E-state index is 0.104. The molecule has 4 aromatic rings. The monoisotopic (exact) mass is 693 g/mol. The average Bonchev–Trinajstić information content (AvgIpc) is 3.93. The van der Waals surface area contributed by atoms with Crippen molar-refractivity contribution in [1.82, 2.24) is 35.1 Å². The van der Waals surface area contributed by atoms with Crippen LogP contribution < -0.4 is 5.32 Å². The van der Waals surface area contributed by atoms with E-state index in [1.165, 1.54) is 11.1 Å². The van der Waals surface area contributed by atoms with Gasteiger partial charge < -0.3 is 24.8 Å². The molecule has 2 aromatic heterocycles. The normalized spacial score (nSPS) is 22.5. The maximum atomic E-state index is 12.8. The number of H-pyrrole nitrogens is 2. The second kappa shape index (κ2) is 13.8. The quantitative estimate of drug-likeness (QED) is 0.184. The van der Waals surface area contributed by atoms with Crippen LogP contribution in [0.25, 0.3) is 22.5 Å². The third-order valence-corrected chi connectivity index (χ3v) is 9.98. The number of imidazole rings is 2. The van der Waals surface area contributed by atoms with Crippen LogP contribution >= 0.6 is 0 Å². The Hall–Kier alpha value is -4.64. The summed E-state index contributed by atoms with van der Waals surface area (Å²) in [5.41, 5.74) is 5.49. The average molecular weight is 694 g/mol. The molecular formula is C40H51N7O4. The summed E-state index contributed by atoms with van der Waals surface area (Å²) in [5, 5.41) is 3.85. The van der Waals surface area contributed by atoms with Crippen molar-refractivity contribution < 1.29 is 19.1 Å². The molecule has 4 unspecified atom stereocenters. The van der Waals surface area contributed by atoms with E-state index >= 15 is 0 Å². The number of hydrogen-bond acceptors (Lipinski definition) is 7. The maximum Gasteiger partial charge on any atom is 0.410 e. The third kappa shape index (κ3) is 7.83. The lowest BCUT2D eigenvalue weighted by atomic mass is 10.0. The standard InChI is InChI=1S/C40H51N7O4/c1-39(2,3)50-37(48)46-21-7-9-33(46)35-41-23-31(44-35)27-15-11-25(12-16-27)29-19-20-30(43-29)26-13-17-28(18-14-26)32-24-42-36(45-32)34-10-8-22-47(34)38(49)51-40(4,5)6/h11-18,23-24,29-30,33-34,43H,7-10,19-22H2,1-6H3,(H,41,44)(H,42,45). The summed E-state index contributed by atoms with van der Waals surface area (Å²) in [6.45, 7) is 12.7. The number of nitrogens with zero attached hydrogens (tertiary/aromatic N) is 4. The second-order valence-corrected chi connectivity index (χ2v) is 16.1. The molecule has 2 aromatic carbocycles. The van der Waals surface area contributed by atoms with E-state index < -0.39 is 11.2 Å². The molecular weight excluding hydrogens is 642 g/mol. The molecule has 51 heavy (non-hydrogen) atoms. The number of hydrogen-bond donors (Lipinski definition) is 3. The number of nitrogens with one attached hydrogen (secondary N) is 3. The molecule has 0 aliphatic carbocycles. The molecule has 3 aliphatic heterocycles. The minimum atomic E-state index is -0.532. The number of benzene rings is 2. The molecule has 7 rings (SSSR count). The van der Waals surface area contributed by atoms with E-state index in [0.717, 1.165) is 72.7 Å². The highest BCUT2D eigenvalue weighted by molar-refractivity contribution is 5.70. The molecule has 3 saturated heterocycles. The van der Waals surface area contributed by atoms with Crippen molar-refractivity contribution in [2.45, 2.75) is 115 Å². The van der Waals surface area contributed by atoms with Crippen LogP contribution in [0.15, 0.2) is 60.9 Å². The minimum Gasteiger partial charge on any atom is -0.444 e. The lowest BCUT2D eigenvalue weighted by Gasteiger charge is -2.27. The number of carbonyl (C=O) groups excluding carboxylic acids is 2. The maximum absolute atomic E-state index is 12.8. The number of rotatable bonds is 6. The van der Waals surface area contributed by atoms with Crippen molar-refractivity contribution in [3.8, 4) is 22.5 Å². The van der Waals surface area contributed by atoms with E-state index in [2.05, 4.69) is 73.8 Å². The molecule has 4 atom stereocenters. The summed E-state index contributed by atoms with van der Waals surface area (Å²) in [6, 6.07) is 17.7. The highest BCUT2D eigenvalue weighted by Gasteiger charge is 2.36. The predicted molar refractivity (Wildman–Crippen MR) is 196 cm³/mol. The fourth-order valence-corrected chi connectivity index (χ4v) is 7.54. The lowest BCUT2D eigenvalue weighted by molar-refractivity contribution is 0.0208. The van der Waals surface area contributed by atoms with Crippen molar-refractivity contribution in [2.75, 3.05) is 13.1 Å². The van der Waals surface area contributed by atoms with Crippen LogP contribution in [0.2, 0.25) is 0 Å². The Kier molecular flexibility index (Phi) is 9.43. The van der Waals surface area contributed by atoms with E-state index in [4.69, 9.17) is 9.47 Å². The summed E-state index contributed by atoms with van der Waals surface area (Å²) < 4.78 is 11.3. The third-order valence-electron chi connectivity index (χ3n) is 9.98. The Morgan fingerprint density at radius 1 is 0.627 bits per heavy atom. The molecule has 3 N–H and O–H groups in total. The van der Waals surface area contributed by atoms with E-state index in [0.29, 0.717) is 13.1 Å². The molecule has 2 amide bonds. The van der Waals surface area contributed by atoms with Crippen molar-refractivity contribution in [3.05, 3.63) is 83.7 Å². The Bertz CT molecular complexity index is 1700. The fraction of sp³-hybridized carbons (Fsp3) is 0.500. The van der Waals surface area contributed by atoms with Crippen molar-refractivity contribution in [3.63, 3.8) is 0 Å². The summed E-state index contributed by atoms with van der Waals surface area (Å²) in [4.78, 5) is 45.5. The van der Waals surface area contributed by atoms with E-state index in [1.54, 1.807) is 9.80 Å². The first kappa shape index (κ1) is 34.8. The Labute approximate surface area is 300 Å². The van der Waals surface area contributed by atoms with Crippen molar-refractivity contribution in [2.24, 2.45) is 0 Å². The van der Waals surface area contributed by atoms with Gasteiger partial charge in [-0.1, -0.05) is 48.5 Å². The van der Waals surface area contributed by atoms with Crippen LogP contribution in [0.5, 0.6) is 0 Å². The molecule has 3 fully saturated rings. The number of ether oxygens (including phenoxy) is 2. The molecule has 5 heterocycles. The van der Waals surface area contributed by atoms with Crippen LogP contribution in [0, 0.1) is 0 Å². The van der Waals surface area contributed by atoms with Gasteiger partial charge in [-0.3, -0.25) is 9.80 Å². The molecule has 0 saturated carbocycles. The number of aromatic amines is 2. The highest BCUT2D eigenvalue weighted by Crippen LogP contribution is 2.37. The van der Waals surface area contributed by atoms with Gasteiger partial charge in [0.05, 0.1) is 35.9 Å². The van der Waals surface area contributed by atoms with Gasteiger partial charge in [0.25, 0.3) is 0 Å². The summed E-state index contributed by atoms with van der Waals surface area (Å²) in [5.74, 6) is 1.60. The van der Waals surface area contributed by atoms with Crippen LogP contribution in [0.3, 0.4) is 0 Å². The van der Waals surface area contributed by atoms with Crippen molar-refractivity contribution in [1.29, 1.82) is 0 Å². The first-order chi connectivity index (χ1) is 24.3. The van der Waals surface area contributed by atoms with Crippen LogP contribution in [0.1, 0.15) is 127 Å². The van der Waals surface area contributed by atoms with Gasteiger partial charge in [-0.2, -0.15) is 0 Å². The van der Waals surface area contributed by atoms with Gasteiger partial charge >= 0.3 is 12.2 Å². The fourth-order valence-electron chi connectivity index (χ4n) is 7.54. The topological polar surface area (TPSA) is 128 Å². The van der Waals surface area contributed by atoms with Gasteiger partial charge in [-0.15, -0.1) is 0 Å². The highest BCUT2D eigenvalue weighted by atomic mass is 16.6. The molecule has 270 valence electrons. The van der Waals surface area contributed by atoms with E-state index in [9.17, 15) is 9.59 Å². The van der Waals surface area contributed by atoms with Crippen LogP contribution in [-0.4, -0.2) is 66.2 Å². The zero-order chi connectivity index (χ0) is 35.9. The van der Waals surface area contributed by atoms with E-state index in [-0.39, 0.29) is 36.4 Å². The molecule has 0 radical (unpaired) electrons. The van der Waals surface area contributed by atoms with Crippen molar-refractivity contribution >= 4 is 12.2 Å². The summed E-state index contributed by atoms with van der Waals surface area (Å²) in [7, 11) is 0. The second-order valence-electron chi connectivity index (χ2n) is 16.1. The number of carbonyl (C=O) groups is 2. The molecule has 0 spiro atoms. The van der Waals surface area contributed by atoms with Gasteiger partial charge in [-0.25, -0.2) is 19.6 Å². The Morgan fingerprint density at radius 3 is 1.39 bits per heavy atom. The van der Waals surface area contributed by atoms with Crippen LogP contribution in [-0.2, 0) is 9.47 Å². The number of likely N-dealkylation sites (tertiary alicyclic amines) is 2. The van der Waals surface area contributed by atoms with E-state index in [1.807, 2.05) is 53.9 Å². The van der Waals surface area contributed by atoms with Gasteiger partial charge in [0.15, 0.2) is 0 Å². The van der Waals surface area contributed by atoms with Gasteiger partial charge in [-0.05, 0) is 102 Å². The molecule has 3 aliphatic rings. The van der Waals surface area contributed by atoms with Gasteiger partial charge in [0.1, 0.15) is 22.9 Å². The Morgan fingerprint density at radius 2 is 1.02 bits per heavy atom. The summed E-state index contributed by atoms with van der Waals surface area (Å²) >= 11 is 0. The first-order valence-electron chi connectivity index (χ1n) is 18.4. The lowest BCUT2D eigenvalue weighted by Crippen LogP contribution is -2.36. The zero-order valence-corrected chi connectivity index (χ0v) is 30.7. The van der Waals surface area contributed by atoms with Crippen LogP contribution in [0.4, 0.5) is 9.59 Å². The number of amides is 2. The van der Waals surface area contributed by atoms with Gasteiger partial charge in [0.2, 0.25) is 0 Å². The summed E-state index contributed by atoms with van der Waals surface area (Å²) in [6.07, 6.45) is 8.85. The largest absolute Gasteiger partial charge is 0.444 e.